The Morgan fingerprint density at radius 3 is 2.69 bits per heavy atom. The van der Waals surface area contributed by atoms with Crippen LogP contribution in [0.4, 0.5) is 0 Å². The molecule has 0 aliphatic rings. The lowest BCUT2D eigenvalue weighted by molar-refractivity contribution is 0.101. The van der Waals surface area contributed by atoms with E-state index in [1.807, 2.05) is 0 Å². The number of phenolic OH excluding ortho intramolecular Hbond substituents is 1. The molecule has 4 nitrogen and oxygen atoms in total. The van der Waals surface area contributed by atoms with Gasteiger partial charge in [0.25, 0.3) is 0 Å². The summed E-state index contributed by atoms with van der Waals surface area (Å²) in [5.74, 6) is -0.358. The maximum Gasteiger partial charge on any atom is 0.336 e. The van der Waals surface area contributed by atoms with E-state index in [-0.39, 0.29) is 17.1 Å². The van der Waals surface area contributed by atoms with Gasteiger partial charge in [0.05, 0.1) is 5.56 Å². The first kappa shape index (κ1) is 10.4. The lowest BCUT2D eigenvalue weighted by Gasteiger charge is -2.06. The standard InChI is InChI=1S/C12H10O4/c1-6-11(15)9(7(2)13)5-8-3-4-10(14)16-12(6)8/h3-5,15H,1-2H3. The third-order valence-electron chi connectivity index (χ3n) is 2.49. The molecule has 82 valence electrons. The number of Topliss-reactive ketones (excluding diaryl/α,β-unsaturated/α-hetero) is 1. The fourth-order valence-electron chi connectivity index (χ4n) is 1.64. The van der Waals surface area contributed by atoms with E-state index < -0.39 is 5.63 Å². The molecule has 0 radical (unpaired) electrons. The van der Waals surface area contributed by atoms with Crippen LogP contribution in [0.5, 0.6) is 5.75 Å². The zero-order valence-electron chi connectivity index (χ0n) is 8.90. The average Bonchev–Trinajstić information content (AvgIpc) is 2.23. The average molecular weight is 218 g/mol. The minimum Gasteiger partial charge on any atom is -0.507 e. The first-order valence-electron chi connectivity index (χ1n) is 4.78. The van der Waals surface area contributed by atoms with Gasteiger partial charge in [-0.15, -0.1) is 0 Å². The van der Waals surface area contributed by atoms with Gasteiger partial charge in [0.15, 0.2) is 5.78 Å². The van der Waals surface area contributed by atoms with Gasteiger partial charge in [-0.2, -0.15) is 0 Å². The molecule has 2 rings (SSSR count). The number of rotatable bonds is 1. The maximum absolute atomic E-state index is 11.3. The molecule has 0 aliphatic heterocycles. The zero-order chi connectivity index (χ0) is 11.9. The number of aromatic hydroxyl groups is 1. The molecule has 2 aromatic rings. The Bertz CT molecular complexity index is 637. The normalized spacial score (nSPS) is 10.6. The van der Waals surface area contributed by atoms with Crippen molar-refractivity contribution in [1.29, 1.82) is 0 Å². The minimum atomic E-state index is -0.481. The van der Waals surface area contributed by atoms with Crippen LogP contribution in [0, 0.1) is 6.92 Å². The third-order valence-corrected chi connectivity index (χ3v) is 2.49. The molecule has 0 spiro atoms. The third kappa shape index (κ3) is 1.48. The SMILES string of the molecule is CC(=O)c1cc2ccc(=O)oc2c(C)c1O. The number of fused-ring (bicyclic) bond motifs is 1. The lowest BCUT2D eigenvalue weighted by Crippen LogP contribution is -1.99. The van der Waals surface area contributed by atoms with Crippen LogP contribution in [0.2, 0.25) is 0 Å². The summed E-state index contributed by atoms with van der Waals surface area (Å²) in [6, 6.07) is 4.37. The van der Waals surface area contributed by atoms with Gasteiger partial charge < -0.3 is 9.52 Å². The van der Waals surface area contributed by atoms with E-state index in [4.69, 9.17) is 4.42 Å². The summed E-state index contributed by atoms with van der Waals surface area (Å²) in [7, 11) is 0. The van der Waals surface area contributed by atoms with Crippen LogP contribution in [-0.2, 0) is 0 Å². The van der Waals surface area contributed by atoms with Gasteiger partial charge in [-0.1, -0.05) is 0 Å². The number of hydrogen-bond acceptors (Lipinski definition) is 4. The Morgan fingerprint density at radius 2 is 2.06 bits per heavy atom. The molecule has 0 fully saturated rings. The quantitative estimate of drug-likeness (QED) is 0.587. The first-order valence-corrected chi connectivity index (χ1v) is 4.78. The summed E-state index contributed by atoms with van der Waals surface area (Å²) in [4.78, 5) is 22.3. The molecule has 0 saturated heterocycles. The molecular formula is C12H10O4. The van der Waals surface area contributed by atoms with Gasteiger partial charge in [-0.3, -0.25) is 4.79 Å². The van der Waals surface area contributed by atoms with Gasteiger partial charge in [0, 0.05) is 17.0 Å². The van der Waals surface area contributed by atoms with E-state index in [1.54, 1.807) is 13.0 Å². The Hall–Kier alpha value is -2.10. The van der Waals surface area contributed by atoms with Crippen molar-refractivity contribution < 1.29 is 14.3 Å². The monoisotopic (exact) mass is 218 g/mol. The summed E-state index contributed by atoms with van der Waals surface area (Å²) in [5.41, 5.74) is 0.472. The van der Waals surface area contributed by atoms with Gasteiger partial charge >= 0.3 is 5.63 Å². The molecular weight excluding hydrogens is 208 g/mol. The molecule has 4 heteroatoms. The number of hydrogen-bond donors (Lipinski definition) is 1. The molecule has 1 N–H and O–H groups in total. The van der Waals surface area contributed by atoms with Crippen LogP contribution in [0.3, 0.4) is 0 Å². The highest BCUT2D eigenvalue weighted by molar-refractivity contribution is 6.01. The van der Waals surface area contributed by atoms with E-state index in [0.29, 0.717) is 16.5 Å². The van der Waals surface area contributed by atoms with E-state index in [2.05, 4.69) is 0 Å². The summed E-state index contributed by atoms with van der Waals surface area (Å²) in [6.45, 7) is 2.98. The van der Waals surface area contributed by atoms with Crippen molar-refractivity contribution in [3.05, 3.63) is 39.7 Å². The molecule has 1 aromatic heterocycles. The molecule has 16 heavy (non-hydrogen) atoms. The van der Waals surface area contributed by atoms with E-state index in [0.717, 1.165) is 0 Å². The van der Waals surface area contributed by atoms with Gasteiger partial charge in [-0.05, 0) is 26.0 Å². The molecule has 0 aliphatic carbocycles. The van der Waals surface area contributed by atoms with Gasteiger partial charge in [0.1, 0.15) is 11.3 Å². The second kappa shape index (κ2) is 3.48. The van der Waals surface area contributed by atoms with E-state index in [1.165, 1.54) is 19.1 Å². The molecule has 1 aromatic carbocycles. The number of carbonyl (C=O) groups excluding carboxylic acids is 1. The minimum absolute atomic E-state index is 0.130. The molecule has 0 bridgehead atoms. The Balaban J connectivity index is 2.93. The summed E-state index contributed by atoms with van der Waals surface area (Å²) >= 11 is 0. The molecule has 0 amide bonds. The highest BCUT2D eigenvalue weighted by atomic mass is 16.4. The number of carbonyl (C=O) groups is 1. The predicted octanol–water partition coefficient (Wildman–Crippen LogP) is 2.01. The first-order chi connectivity index (χ1) is 7.50. The molecule has 0 unspecified atom stereocenters. The van der Waals surface area contributed by atoms with Crippen LogP contribution >= 0.6 is 0 Å². The molecule has 0 atom stereocenters. The topological polar surface area (TPSA) is 67.5 Å². The van der Waals surface area contributed by atoms with Crippen molar-refractivity contribution in [3.63, 3.8) is 0 Å². The van der Waals surface area contributed by atoms with Crippen molar-refractivity contribution in [2.75, 3.05) is 0 Å². The lowest BCUT2D eigenvalue weighted by atomic mass is 10.0. The maximum atomic E-state index is 11.3. The highest BCUT2D eigenvalue weighted by Gasteiger charge is 2.14. The van der Waals surface area contributed by atoms with Crippen LogP contribution in [0.15, 0.2) is 27.4 Å². The van der Waals surface area contributed by atoms with Crippen molar-refractivity contribution in [1.82, 2.24) is 0 Å². The fraction of sp³-hybridized carbons (Fsp3) is 0.167. The Morgan fingerprint density at radius 1 is 1.38 bits per heavy atom. The van der Waals surface area contributed by atoms with Gasteiger partial charge in [-0.25, -0.2) is 4.79 Å². The van der Waals surface area contributed by atoms with E-state index in [9.17, 15) is 14.7 Å². The van der Waals surface area contributed by atoms with Crippen LogP contribution in [0.25, 0.3) is 11.0 Å². The van der Waals surface area contributed by atoms with Crippen LogP contribution in [0.1, 0.15) is 22.8 Å². The van der Waals surface area contributed by atoms with E-state index >= 15 is 0 Å². The van der Waals surface area contributed by atoms with Crippen molar-refractivity contribution >= 4 is 16.8 Å². The number of ketones is 1. The van der Waals surface area contributed by atoms with Gasteiger partial charge in [0.2, 0.25) is 0 Å². The fourth-order valence-corrected chi connectivity index (χ4v) is 1.64. The summed E-state index contributed by atoms with van der Waals surface area (Å²) in [6.07, 6.45) is 0. The number of benzene rings is 1. The highest BCUT2D eigenvalue weighted by Crippen LogP contribution is 2.29. The largest absolute Gasteiger partial charge is 0.507 e. The zero-order valence-corrected chi connectivity index (χ0v) is 8.90. The summed E-state index contributed by atoms with van der Waals surface area (Å²) < 4.78 is 4.98. The number of phenols is 1. The predicted molar refractivity (Wildman–Crippen MR) is 58.9 cm³/mol. The number of aryl methyl sites for hydroxylation is 1. The molecule has 0 saturated carbocycles. The Kier molecular flexibility index (Phi) is 2.27. The van der Waals surface area contributed by atoms with Crippen LogP contribution in [-0.4, -0.2) is 10.9 Å². The smallest absolute Gasteiger partial charge is 0.336 e. The van der Waals surface area contributed by atoms with Crippen molar-refractivity contribution in [2.24, 2.45) is 0 Å². The second-order valence-corrected chi connectivity index (χ2v) is 3.63. The van der Waals surface area contributed by atoms with Crippen molar-refractivity contribution in [3.8, 4) is 5.75 Å². The second-order valence-electron chi connectivity index (χ2n) is 3.63. The Labute approximate surface area is 91.1 Å². The van der Waals surface area contributed by atoms with Crippen molar-refractivity contribution in [2.45, 2.75) is 13.8 Å². The summed E-state index contributed by atoms with van der Waals surface area (Å²) in [5, 5.41) is 10.4. The molecule has 1 heterocycles. The van der Waals surface area contributed by atoms with Crippen LogP contribution < -0.4 is 5.63 Å².